The van der Waals surface area contributed by atoms with Gasteiger partial charge in [0.1, 0.15) is 0 Å². The largest absolute Gasteiger partial charge is 0.381 e. The number of benzene rings is 2. The standard InChI is InChI=1S/C26H38O/c1-5-21-13-15-25(23(7-3)19-21)11-9-17-27-18-10-12-26-16-14-22(6-2)20-24(26)8-4/h13-16,19-20H,5-12,17-18H2,1-4H3. The summed E-state index contributed by atoms with van der Waals surface area (Å²) in [6.45, 7) is 10.7. The molecule has 2 rings (SSSR count). The first-order valence-electron chi connectivity index (χ1n) is 11.0. The van der Waals surface area contributed by atoms with Gasteiger partial charge in [-0.25, -0.2) is 0 Å². The lowest BCUT2D eigenvalue weighted by molar-refractivity contribution is 0.129. The minimum absolute atomic E-state index is 0.869. The van der Waals surface area contributed by atoms with E-state index in [1.807, 2.05) is 0 Å². The summed E-state index contributed by atoms with van der Waals surface area (Å²) in [5.41, 5.74) is 8.92. The first kappa shape index (κ1) is 21.7. The molecule has 0 unspecified atom stereocenters. The summed E-state index contributed by atoms with van der Waals surface area (Å²) >= 11 is 0. The van der Waals surface area contributed by atoms with E-state index in [0.29, 0.717) is 0 Å². The van der Waals surface area contributed by atoms with Crippen molar-refractivity contribution < 1.29 is 4.74 Å². The van der Waals surface area contributed by atoms with E-state index in [1.165, 1.54) is 33.4 Å². The maximum absolute atomic E-state index is 5.91. The fourth-order valence-electron chi connectivity index (χ4n) is 3.78. The zero-order valence-electron chi connectivity index (χ0n) is 17.9. The van der Waals surface area contributed by atoms with Crippen molar-refractivity contribution in [3.63, 3.8) is 0 Å². The Labute approximate surface area is 167 Å². The second-order valence-corrected chi connectivity index (χ2v) is 7.44. The van der Waals surface area contributed by atoms with Crippen molar-refractivity contribution in [1.29, 1.82) is 0 Å². The van der Waals surface area contributed by atoms with Crippen molar-refractivity contribution in [3.05, 3.63) is 69.8 Å². The molecule has 0 N–H and O–H groups in total. The van der Waals surface area contributed by atoms with E-state index in [9.17, 15) is 0 Å². The molecule has 0 atom stereocenters. The van der Waals surface area contributed by atoms with E-state index >= 15 is 0 Å². The van der Waals surface area contributed by atoms with Crippen LogP contribution in [-0.4, -0.2) is 13.2 Å². The smallest absolute Gasteiger partial charge is 0.0469 e. The second-order valence-electron chi connectivity index (χ2n) is 7.44. The number of hydrogen-bond acceptors (Lipinski definition) is 1. The SMILES string of the molecule is CCc1ccc(CCCOCCCc2ccc(CC)cc2CC)c(CC)c1. The van der Waals surface area contributed by atoms with Crippen LogP contribution in [0.3, 0.4) is 0 Å². The molecule has 0 heterocycles. The lowest BCUT2D eigenvalue weighted by atomic mass is 9.97. The third kappa shape index (κ3) is 6.81. The van der Waals surface area contributed by atoms with Gasteiger partial charge >= 0.3 is 0 Å². The quantitative estimate of drug-likeness (QED) is 0.389. The highest BCUT2D eigenvalue weighted by molar-refractivity contribution is 5.33. The van der Waals surface area contributed by atoms with Crippen molar-refractivity contribution in [2.45, 2.75) is 79.1 Å². The maximum atomic E-state index is 5.91. The summed E-state index contributed by atoms with van der Waals surface area (Å²) < 4.78 is 5.91. The van der Waals surface area contributed by atoms with E-state index in [0.717, 1.165) is 64.6 Å². The van der Waals surface area contributed by atoms with Crippen molar-refractivity contribution in [1.82, 2.24) is 0 Å². The molecule has 2 aromatic carbocycles. The average Bonchev–Trinajstić information content (AvgIpc) is 2.72. The van der Waals surface area contributed by atoms with Gasteiger partial charge in [0.2, 0.25) is 0 Å². The molecule has 0 aliphatic rings. The molecule has 0 aliphatic carbocycles. The zero-order valence-corrected chi connectivity index (χ0v) is 17.9. The van der Waals surface area contributed by atoms with Gasteiger partial charge in [0, 0.05) is 13.2 Å². The lowest BCUT2D eigenvalue weighted by Crippen LogP contribution is -2.03. The Kier molecular flexibility index (Phi) is 9.62. The molecule has 0 radical (unpaired) electrons. The monoisotopic (exact) mass is 366 g/mol. The Bertz CT molecular complexity index is 627. The second kappa shape index (κ2) is 12.0. The molecule has 27 heavy (non-hydrogen) atoms. The molecule has 1 heteroatoms. The zero-order chi connectivity index (χ0) is 19.5. The molecule has 148 valence electrons. The van der Waals surface area contributed by atoms with Gasteiger partial charge in [-0.15, -0.1) is 0 Å². The predicted octanol–water partition coefficient (Wildman–Crippen LogP) is 6.52. The third-order valence-corrected chi connectivity index (χ3v) is 5.59. The molecule has 0 saturated heterocycles. The molecular formula is C26H38O. The summed E-state index contributed by atoms with van der Waals surface area (Å²) in [5.74, 6) is 0. The first-order valence-corrected chi connectivity index (χ1v) is 11.0. The van der Waals surface area contributed by atoms with Crippen molar-refractivity contribution in [2.75, 3.05) is 13.2 Å². The predicted molar refractivity (Wildman–Crippen MR) is 118 cm³/mol. The van der Waals surface area contributed by atoms with Crippen LogP contribution in [0, 0.1) is 0 Å². The van der Waals surface area contributed by atoms with Crippen LogP contribution in [0.25, 0.3) is 0 Å². The molecule has 2 aromatic rings. The van der Waals surface area contributed by atoms with Gasteiger partial charge in [-0.1, -0.05) is 64.1 Å². The summed E-state index contributed by atoms with van der Waals surface area (Å²) in [6, 6.07) is 14.0. The Morgan fingerprint density at radius 3 is 1.37 bits per heavy atom. The number of rotatable bonds is 12. The lowest BCUT2D eigenvalue weighted by Gasteiger charge is -2.11. The van der Waals surface area contributed by atoms with Crippen LogP contribution in [0.4, 0.5) is 0 Å². The summed E-state index contributed by atoms with van der Waals surface area (Å²) in [4.78, 5) is 0. The van der Waals surface area contributed by atoms with Gasteiger partial charge in [-0.3, -0.25) is 0 Å². The van der Waals surface area contributed by atoms with E-state index < -0.39 is 0 Å². The minimum Gasteiger partial charge on any atom is -0.381 e. The average molecular weight is 367 g/mol. The van der Waals surface area contributed by atoms with Gasteiger partial charge in [0.15, 0.2) is 0 Å². The highest BCUT2D eigenvalue weighted by Gasteiger charge is 2.04. The van der Waals surface area contributed by atoms with Crippen LogP contribution in [-0.2, 0) is 43.3 Å². The van der Waals surface area contributed by atoms with Crippen molar-refractivity contribution in [3.8, 4) is 0 Å². The van der Waals surface area contributed by atoms with Gasteiger partial charge in [0.05, 0.1) is 0 Å². The van der Waals surface area contributed by atoms with Crippen LogP contribution < -0.4 is 0 Å². The molecule has 0 fully saturated rings. The van der Waals surface area contributed by atoms with Crippen molar-refractivity contribution >= 4 is 0 Å². The third-order valence-electron chi connectivity index (χ3n) is 5.59. The Morgan fingerprint density at radius 2 is 1.00 bits per heavy atom. The Hall–Kier alpha value is -1.60. The molecule has 0 amide bonds. The number of ether oxygens (including phenoxy) is 1. The Balaban J connectivity index is 1.68. The summed E-state index contributed by atoms with van der Waals surface area (Å²) in [6.07, 6.45) is 8.99. The fraction of sp³-hybridized carbons (Fsp3) is 0.538. The molecule has 0 spiro atoms. The molecule has 0 aromatic heterocycles. The van der Waals surface area contributed by atoms with Gasteiger partial charge in [-0.2, -0.15) is 0 Å². The van der Waals surface area contributed by atoms with Crippen molar-refractivity contribution in [2.24, 2.45) is 0 Å². The van der Waals surface area contributed by atoms with E-state index in [2.05, 4.69) is 64.1 Å². The highest BCUT2D eigenvalue weighted by atomic mass is 16.5. The molecular weight excluding hydrogens is 328 g/mol. The van der Waals surface area contributed by atoms with E-state index in [-0.39, 0.29) is 0 Å². The van der Waals surface area contributed by atoms with Gasteiger partial charge in [0.25, 0.3) is 0 Å². The fourth-order valence-corrected chi connectivity index (χ4v) is 3.78. The minimum atomic E-state index is 0.869. The van der Waals surface area contributed by atoms with E-state index in [4.69, 9.17) is 4.74 Å². The van der Waals surface area contributed by atoms with Crippen LogP contribution in [0.5, 0.6) is 0 Å². The van der Waals surface area contributed by atoms with Crippen LogP contribution in [0.15, 0.2) is 36.4 Å². The topological polar surface area (TPSA) is 9.23 Å². The number of hydrogen-bond donors (Lipinski definition) is 0. The number of aryl methyl sites for hydroxylation is 6. The summed E-state index contributed by atoms with van der Waals surface area (Å²) in [7, 11) is 0. The van der Waals surface area contributed by atoms with Crippen LogP contribution in [0.2, 0.25) is 0 Å². The van der Waals surface area contributed by atoms with Crippen LogP contribution in [0.1, 0.15) is 73.9 Å². The van der Waals surface area contributed by atoms with Gasteiger partial charge in [-0.05, 0) is 84.7 Å². The maximum Gasteiger partial charge on any atom is 0.0469 e. The van der Waals surface area contributed by atoms with Crippen LogP contribution >= 0.6 is 0 Å². The molecule has 1 nitrogen and oxygen atoms in total. The van der Waals surface area contributed by atoms with E-state index in [1.54, 1.807) is 0 Å². The summed E-state index contributed by atoms with van der Waals surface area (Å²) in [5, 5.41) is 0. The highest BCUT2D eigenvalue weighted by Crippen LogP contribution is 2.17. The Morgan fingerprint density at radius 1 is 0.556 bits per heavy atom. The molecule has 0 saturated carbocycles. The molecule has 0 bridgehead atoms. The van der Waals surface area contributed by atoms with Gasteiger partial charge < -0.3 is 4.74 Å². The molecule has 0 aliphatic heterocycles. The first-order chi connectivity index (χ1) is 13.2. The normalized spacial score (nSPS) is 11.1.